The number of hydrogen-bond donors (Lipinski definition) is 2. The van der Waals surface area contributed by atoms with Gasteiger partial charge in [-0.25, -0.2) is 13.1 Å². The molecule has 1 aromatic heterocycles. The summed E-state index contributed by atoms with van der Waals surface area (Å²) in [6, 6.07) is -0.347. The first-order valence-corrected chi connectivity index (χ1v) is 9.31. The molecule has 1 aromatic rings. The zero-order valence-corrected chi connectivity index (χ0v) is 13.9. The minimum atomic E-state index is -3.65. The predicted octanol–water partition coefficient (Wildman–Crippen LogP) is -0.00548. The summed E-state index contributed by atoms with van der Waals surface area (Å²) in [6.45, 7) is 3.68. The molecule has 0 spiro atoms. The molecule has 2 fully saturated rings. The van der Waals surface area contributed by atoms with E-state index < -0.39 is 22.2 Å². The Labute approximate surface area is 131 Å². The molecule has 7 nitrogen and oxygen atoms in total. The van der Waals surface area contributed by atoms with Crippen molar-refractivity contribution in [3.8, 4) is 0 Å². The summed E-state index contributed by atoms with van der Waals surface area (Å²) in [5, 5.41) is 14.6. The second-order valence-electron chi connectivity index (χ2n) is 6.36. The van der Waals surface area contributed by atoms with Crippen LogP contribution in [0, 0.1) is 6.92 Å². The van der Waals surface area contributed by atoms with E-state index >= 15 is 0 Å². The van der Waals surface area contributed by atoms with Gasteiger partial charge < -0.3 is 5.11 Å². The zero-order chi connectivity index (χ0) is 15.9. The van der Waals surface area contributed by atoms with Gasteiger partial charge in [-0.05, 0) is 45.7 Å². The van der Waals surface area contributed by atoms with E-state index in [0.717, 1.165) is 32.4 Å². The largest absolute Gasteiger partial charge is 0.390 e. The third-order valence-electron chi connectivity index (χ3n) is 4.75. The van der Waals surface area contributed by atoms with Gasteiger partial charge in [-0.3, -0.25) is 9.58 Å². The standard InChI is InChI=1S/C14H24N4O3S/c1-10-13(9-17(2)15-10)22(20,21)16-11-5-6-12(14(11)19)18-7-3-4-8-18/h9,11-12,14,16,19H,3-8H2,1-2H3/t11-,12-,14-/m1/s1. The van der Waals surface area contributed by atoms with Gasteiger partial charge in [0.1, 0.15) is 4.90 Å². The Morgan fingerprint density at radius 2 is 2.00 bits per heavy atom. The number of aryl methyl sites for hydroxylation is 2. The molecule has 0 amide bonds. The number of aliphatic hydroxyl groups excluding tert-OH is 1. The summed E-state index contributed by atoms with van der Waals surface area (Å²) in [5.41, 5.74) is 0.471. The van der Waals surface area contributed by atoms with Crippen LogP contribution in [0.25, 0.3) is 0 Å². The van der Waals surface area contributed by atoms with Gasteiger partial charge in [0.2, 0.25) is 10.0 Å². The van der Waals surface area contributed by atoms with Crippen molar-refractivity contribution in [3.63, 3.8) is 0 Å². The summed E-state index contributed by atoms with van der Waals surface area (Å²) in [5.74, 6) is 0. The Kier molecular flexibility index (Phi) is 4.28. The number of sulfonamides is 1. The fourth-order valence-corrected chi connectivity index (χ4v) is 5.17. The third kappa shape index (κ3) is 2.92. The Morgan fingerprint density at radius 1 is 1.32 bits per heavy atom. The lowest BCUT2D eigenvalue weighted by molar-refractivity contribution is 0.0725. The second-order valence-corrected chi connectivity index (χ2v) is 8.04. The maximum absolute atomic E-state index is 12.5. The number of nitrogens with zero attached hydrogens (tertiary/aromatic N) is 3. The molecule has 2 heterocycles. The van der Waals surface area contributed by atoms with Gasteiger partial charge in [-0.2, -0.15) is 5.10 Å². The Morgan fingerprint density at radius 3 is 2.59 bits per heavy atom. The Bertz CT molecular complexity index is 637. The van der Waals surface area contributed by atoms with Crippen LogP contribution in [0.2, 0.25) is 0 Å². The van der Waals surface area contributed by atoms with E-state index in [1.807, 2.05) is 0 Å². The highest BCUT2D eigenvalue weighted by molar-refractivity contribution is 7.89. The lowest BCUT2D eigenvalue weighted by Crippen LogP contribution is -2.47. The zero-order valence-electron chi connectivity index (χ0n) is 13.1. The average Bonchev–Trinajstić information content (AvgIpc) is 3.13. The number of nitrogens with one attached hydrogen (secondary N) is 1. The molecule has 0 aromatic carbocycles. The fraction of sp³-hybridized carbons (Fsp3) is 0.786. The summed E-state index contributed by atoms with van der Waals surface area (Å²) < 4.78 is 29.2. The van der Waals surface area contributed by atoms with E-state index in [-0.39, 0.29) is 10.9 Å². The molecule has 1 aliphatic carbocycles. The molecule has 8 heteroatoms. The quantitative estimate of drug-likeness (QED) is 0.812. The highest BCUT2D eigenvalue weighted by atomic mass is 32.2. The number of aromatic nitrogens is 2. The number of hydrogen-bond acceptors (Lipinski definition) is 5. The molecule has 0 radical (unpaired) electrons. The van der Waals surface area contributed by atoms with Gasteiger partial charge >= 0.3 is 0 Å². The van der Waals surface area contributed by atoms with E-state index in [2.05, 4.69) is 14.7 Å². The molecule has 3 rings (SSSR count). The summed E-state index contributed by atoms with van der Waals surface area (Å²) in [6.07, 6.45) is 4.67. The molecule has 22 heavy (non-hydrogen) atoms. The molecule has 1 saturated heterocycles. The van der Waals surface area contributed by atoms with Crippen molar-refractivity contribution in [1.82, 2.24) is 19.4 Å². The normalized spacial score (nSPS) is 30.2. The van der Waals surface area contributed by atoms with Crippen LogP contribution < -0.4 is 4.72 Å². The van der Waals surface area contributed by atoms with Crippen molar-refractivity contribution in [2.45, 2.75) is 55.7 Å². The first-order valence-electron chi connectivity index (χ1n) is 7.83. The van der Waals surface area contributed by atoms with Gasteiger partial charge in [0.05, 0.1) is 11.8 Å². The predicted molar refractivity (Wildman–Crippen MR) is 81.9 cm³/mol. The van der Waals surface area contributed by atoms with Crippen molar-refractivity contribution in [2.24, 2.45) is 7.05 Å². The maximum atomic E-state index is 12.5. The fourth-order valence-electron chi connectivity index (χ4n) is 3.66. The highest BCUT2D eigenvalue weighted by Gasteiger charge is 2.41. The molecule has 1 saturated carbocycles. The van der Waals surface area contributed by atoms with E-state index in [1.54, 1.807) is 14.0 Å². The molecule has 124 valence electrons. The van der Waals surface area contributed by atoms with Gasteiger partial charge in [0, 0.05) is 25.3 Å². The van der Waals surface area contributed by atoms with Crippen molar-refractivity contribution >= 4 is 10.0 Å². The number of aliphatic hydroxyl groups is 1. The van der Waals surface area contributed by atoms with Crippen LogP contribution in [-0.2, 0) is 17.1 Å². The van der Waals surface area contributed by atoms with Crippen molar-refractivity contribution in [2.75, 3.05) is 13.1 Å². The molecule has 2 aliphatic rings. The molecular formula is C14H24N4O3S. The van der Waals surface area contributed by atoms with Crippen molar-refractivity contribution in [3.05, 3.63) is 11.9 Å². The molecule has 0 bridgehead atoms. The molecule has 2 N–H and O–H groups in total. The summed E-state index contributed by atoms with van der Waals surface area (Å²) in [4.78, 5) is 2.47. The smallest absolute Gasteiger partial charge is 0.244 e. The third-order valence-corrected chi connectivity index (χ3v) is 6.35. The average molecular weight is 328 g/mol. The van der Waals surface area contributed by atoms with Crippen LogP contribution in [0.15, 0.2) is 11.1 Å². The van der Waals surface area contributed by atoms with Crippen LogP contribution in [-0.4, -0.2) is 59.5 Å². The highest BCUT2D eigenvalue weighted by Crippen LogP contribution is 2.28. The first kappa shape index (κ1) is 15.9. The Balaban J connectivity index is 1.71. The van der Waals surface area contributed by atoms with Gasteiger partial charge in [0.15, 0.2) is 0 Å². The van der Waals surface area contributed by atoms with E-state index in [4.69, 9.17) is 0 Å². The number of rotatable bonds is 4. The van der Waals surface area contributed by atoms with Crippen LogP contribution in [0.4, 0.5) is 0 Å². The van der Waals surface area contributed by atoms with Gasteiger partial charge in [-0.15, -0.1) is 0 Å². The van der Waals surface area contributed by atoms with Gasteiger partial charge in [-0.1, -0.05) is 0 Å². The van der Waals surface area contributed by atoms with Crippen LogP contribution >= 0.6 is 0 Å². The molecule has 0 unspecified atom stereocenters. The SMILES string of the molecule is Cc1nn(C)cc1S(=O)(=O)N[C@@H]1CC[C@@H](N2CCCC2)[C@@H]1O. The Hall–Kier alpha value is -0.960. The molecular weight excluding hydrogens is 304 g/mol. The van der Waals surface area contributed by atoms with Gasteiger partial charge in [0.25, 0.3) is 0 Å². The minimum absolute atomic E-state index is 0.0743. The lowest BCUT2D eigenvalue weighted by atomic mass is 10.1. The second kappa shape index (κ2) is 5.92. The van der Waals surface area contributed by atoms with Crippen LogP contribution in [0.5, 0.6) is 0 Å². The maximum Gasteiger partial charge on any atom is 0.244 e. The lowest BCUT2D eigenvalue weighted by Gasteiger charge is -2.28. The monoisotopic (exact) mass is 328 g/mol. The molecule has 1 aliphatic heterocycles. The van der Waals surface area contributed by atoms with Crippen LogP contribution in [0.3, 0.4) is 0 Å². The van der Waals surface area contributed by atoms with Crippen molar-refractivity contribution in [1.29, 1.82) is 0 Å². The first-order chi connectivity index (χ1) is 10.4. The minimum Gasteiger partial charge on any atom is -0.390 e. The summed E-state index contributed by atoms with van der Waals surface area (Å²) >= 11 is 0. The van der Waals surface area contributed by atoms with Crippen molar-refractivity contribution < 1.29 is 13.5 Å². The van der Waals surface area contributed by atoms with E-state index in [1.165, 1.54) is 10.9 Å². The van der Waals surface area contributed by atoms with E-state index in [0.29, 0.717) is 12.1 Å². The topological polar surface area (TPSA) is 87.5 Å². The van der Waals surface area contributed by atoms with Crippen LogP contribution in [0.1, 0.15) is 31.4 Å². The summed E-state index contributed by atoms with van der Waals surface area (Å²) in [7, 11) is -1.95. The molecule has 3 atom stereocenters. The number of likely N-dealkylation sites (tertiary alicyclic amines) is 1. The van der Waals surface area contributed by atoms with E-state index in [9.17, 15) is 13.5 Å².